The normalized spacial score (nSPS) is 15.2. The van der Waals surface area contributed by atoms with E-state index in [9.17, 15) is 8.42 Å². The van der Waals surface area contributed by atoms with Gasteiger partial charge in [0.2, 0.25) is 10.0 Å². The summed E-state index contributed by atoms with van der Waals surface area (Å²) in [5.41, 5.74) is 0. The molecule has 0 radical (unpaired) electrons. The summed E-state index contributed by atoms with van der Waals surface area (Å²) in [6.45, 7) is 4.17. The monoisotopic (exact) mass is 327 g/mol. The number of benzene rings is 1. The van der Waals surface area contributed by atoms with Crippen LogP contribution in [0.5, 0.6) is 5.75 Å². The fourth-order valence-corrected chi connectivity index (χ4v) is 3.86. The predicted octanol–water partition coefficient (Wildman–Crippen LogP) is 2.52. The van der Waals surface area contributed by atoms with E-state index < -0.39 is 10.0 Å². The highest BCUT2D eigenvalue weighted by atomic mass is 32.2. The first-order chi connectivity index (χ1) is 10.6. The lowest BCUT2D eigenvalue weighted by Gasteiger charge is -2.21. The second-order valence-corrected chi connectivity index (χ2v) is 7.56. The van der Waals surface area contributed by atoms with E-state index >= 15 is 0 Å². The Morgan fingerprint density at radius 3 is 2.41 bits per heavy atom. The largest absolute Gasteiger partial charge is 0.491 e. The van der Waals surface area contributed by atoms with E-state index in [-0.39, 0.29) is 0 Å². The van der Waals surface area contributed by atoms with Crippen LogP contribution in [-0.2, 0) is 14.8 Å². The van der Waals surface area contributed by atoms with Crippen LogP contribution in [0.4, 0.5) is 0 Å². The maximum absolute atomic E-state index is 12.7. The van der Waals surface area contributed by atoms with Crippen molar-refractivity contribution in [1.29, 1.82) is 0 Å². The molecule has 0 spiro atoms. The molecule has 0 aromatic heterocycles. The van der Waals surface area contributed by atoms with E-state index in [2.05, 4.69) is 0 Å². The number of methoxy groups -OCH3 is 1. The molecule has 0 saturated heterocycles. The van der Waals surface area contributed by atoms with Crippen molar-refractivity contribution >= 4 is 10.0 Å². The smallest absolute Gasteiger partial charge is 0.243 e. The molecule has 22 heavy (non-hydrogen) atoms. The Labute approximate surface area is 133 Å². The fourth-order valence-electron chi connectivity index (χ4n) is 2.25. The third-order valence-corrected chi connectivity index (χ3v) is 5.53. The second-order valence-electron chi connectivity index (χ2n) is 5.62. The molecule has 0 atom stereocenters. The molecule has 1 aromatic rings. The molecule has 0 heterocycles. The molecule has 0 amide bonds. The van der Waals surface area contributed by atoms with E-state index in [1.807, 2.05) is 6.92 Å². The van der Waals surface area contributed by atoms with Crippen molar-refractivity contribution in [3.05, 3.63) is 24.3 Å². The van der Waals surface area contributed by atoms with Gasteiger partial charge in [0.05, 0.1) is 11.5 Å². The molecule has 5 nitrogen and oxygen atoms in total. The van der Waals surface area contributed by atoms with Gasteiger partial charge in [0.1, 0.15) is 12.4 Å². The van der Waals surface area contributed by atoms with Gasteiger partial charge in [-0.3, -0.25) is 0 Å². The first-order valence-corrected chi connectivity index (χ1v) is 9.24. The van der Waals surface area contributed by atoms with Crippen LogP contribution in [0, 0.1) is 5.92 Å². The van der Waals surface area contributed by atoms with Gasteiger partial charge in [-0.25, -0.2) is 8.42 Å². The van der Waals surface area contributed by atoms with Crippen LogP contribution in [0.2, 0.25) is 0 Å². The Morgan fingerprint density at radius 2 is 1.86 bits per heavy atom. The van der Waals surface area contributed by atoms with E-state index in [4.69, 9.17) is 9.47 Å². The molecule has 1 aliphatic carbocycles. The Hall–Kier alpha value is -1.11. The molecule has 6 heteroatoms. The van der Waals surface area contributed by atoms with Crippen molar-refractivity contribution in [1.82, 2.24) is 4.31 Å². The lowest BCUT2D eigenvalue weighted by atomic mass is 10.3. The van der Waals surface area contributed by atoms with E-state index in [0.29, 0.717) is 42.9 Å². The Balaban J connectivity index is 2.06. The highest BCUT2D eigenvalue weighted by Gasteiger charge is 2.31. The summed E-state index contributed by atoms with van der Waals surface area (Å²) in [5.74, 6) is 1.19. The van der Waals surface area contributed by atoms with E-state index in [0.717, 1.165) is 19.3 Å². The zero-order valence-electron chi connectivity index (χ0n) is 13.3. The van der Waals surface area contributed by atoms with Crippen molar-refractivity contribution in [3.63, 3.8) is 0 Å². The molecule has 2 rings (SSSR count). The molecule has 1 aromatic carbocycles. The molecule has 124 valence electrons. The molecule has 0 aliphatic heterocycles. The highest BCUT2D eigenvalue weighted by molar-refractivity contribution is 7.89. The zero-order chi connectivity index (χ0) is 16.0. The molecular weight excluding hydrogens is 302 g/mol. The van der Waals surface area contributed by atoms with Crippen LogP contribution < -0.4 is 4.74 Å². The number of hydrogen-bond acceptors (Lipinski definition) is 4. The molecule has 1 aliphatic rings. The Bertz CT molecular complexity index is 552. The van der Waals surface area contributed by atoms with Crippen LogP contribution >= 0.6 is 0 Å². The first-order valence-electron chi connectivity index (χ1n) is 7.80. The van der Waals surface area contributed by atoms with Gasteiger partial charge in [-0.1, -0.05) is 6.92 Å². The predicted molar refractivity (Wildman–Crippen MR) is 85.6 cm³/mol. The van der Waals surface area contributed by atoms with Gasteiger partial charge in [-0.2, -0.15) is 4.31 Å². The summed E-state index contributed by atoms with van der Waals surface area (Å²) in [6, 6.07) is 6.63. The number of ether oxygens (including phenoxy) is 2. The summed E-state index contributed by atoms with van der Waals surface area (Å²) in [7, 11) is -1.79. The highest BCUT2D eigenvalue weighted by Crippen LogP contribution is 2.32. The van der Waals surface area contributed by atoms with Crippen LogP contribution in [0.15, 0.2) is 29.2 Å². The quantitative estimate of drug-likeness (QED) is 0.620. The van der Waals surface area contributed by atoms with Crippen molar-refractivity contribution in [3.8, 4) is 5.75 Å². The lowest BCUT2D eigenvalue weighted by Crippen LogP contribution is -2.33. The van der Waals surface area contributed by atoms with E-state index in [1.165, 1.54) is 0 Å². The average Bonchev–Trinajstić information content (AvgIpc) is 3.32. The standard InChI is InChI=1S/C16H25NO4S/c1-3-10-17(13-14-4-5-14)22(18,19)16-8-6-15(7-9-16)21-12-11-20-2/h6-9,14H,3-5,10-13H2,1-2H3. The molecular formula is C16H25NO4S. The van der Waals surface area contributed by atoms with Crippen LogP contribution in [0.25, 0.3) is 0 Å². The first kappa shape index (κ1) is 17.2. The van der Waals surface area contributed by atoms with Crippen molar-refractivity contribution < 1.29 is 17.9 Å². The van der Waals surface area contributed by atoms with Crippen LogP contribution in [0.3, 0.4) is 0 Å². The summed E-state index contributed by atoms with van der Waals surface area (Å²) in [6.07, 6.45) is 3.11. The number of rotatable bonds is 10. The van der Waals surface area contributed by atoms with Gasteiger partial charge in [-0.05, 0) is 49.4 Å². The summed E-state index contributed by atoms with van der Waals surface area (Å²) < 4.78 is 37.4. The zero-order valence-corrected chi connectivity index (χ0v) is 14.1. The van der Waals surface area contributed by atoms with E-state index in [1.54, 1.807) is 35.7 Å². The summed E-state index contributed by atoms with van der Waals surface area (Å²) >= 11 is 0. The maximum Gasteiger partial charge on any atom is 0.243 e. The lowest BCUT2D eigenvalue weighted by molar-refractivity contribution is 0.146. The van der Waals surface area contributed by atoms with Gasteiger partial charge in [-0.15, -0.1) is 0 Å². The van der Waals surface area contributed by atoms with Gasteiger partial charge in [0, 0.05) is 20.2 Å². The third kappa shape index (κ3) is 4.69. The minimum atomic E-state index is -3.41. The van der Waals surface area contributed by atoms with Crippen molar-refractivity contribution in [2.24, 2.45) is 5.92 Å². The van der Waals surface area contributed by atoms with Gasteiger partial charge in [0.25, 0.3) is 0 Å². The minimum Gasteiger partial charge on any atom is -0.491 e. The Morgan fingerprint density at radius 1 is 1.18 bits per heavy atom. The average molecular weight is 327 g/mol. The molecule has 1 fully saturated rings. The van der Waals surface area contributed by atoms with Crippen LogP contribution in [0.1, 0.15) is 26.2 Å². The number of sulfonamides is 1. The summed E-state index contributed by atoms with van der Waals surface area (Å²) in [5, 5.41) is 0. The Kier molecular flexibility index (Phi) is 6.23. The van der Waals surface area contributed by atoms with Crippen molar-refractivity contribution in [2.75, 3.05) is 33.4 Å². The fraction of sp³-hybridized carbons (Fsp3) is 0.625. The summed E-state index contributed by atoms with van der Waals surface area (Å²) in [4.78, 5) is 0.334. The molecule has 0 unspecified atom stereocenters. The number of hydrogen-bond donors (Lipinski definition) is 0. The SMILES string of the molecule is CCCN(CC1CC1)S(=O)(=O)c1ccc(OCCOC)cc1. The topological polar surface area (TPSA) is 55.8 Å². The van der Waals surface area contributed by atoms with Crippen LogP contribution in [-0.4, -0.2) is 46.1 Å². The maximum atomic E-state index is 12.7. The van der Waals surface area contributed by atoms with Gasteiger partial charge < -0.3 is 9.47 Å². The van der Waals surface area contributed by atoms with Gasteiger partial charge >= 0.3 is 0 Å². The molecule has 0 N–H and O–H groups in total. The third-order valence-electron chi connectivity index (χ3n) is 3.65. The van der Waals surface area contributed by atoms with Gasteiger partial charge in [0.15, 0.2) is 0 Å². The minimum absolute atomic E-state index is 0.334. The molecule has 1 saturated carbocycles. The van der Waals surface area contributed by atoms with Crippen molar-refractivity contribution in [2.45, 2.75) is 31.1 Å². The number of nitrogens with zero attached hydrogens (tertiary/aromatic N) is 1. The second kappa shape index (κ2) is 7.94. The molecule has 0 bridgehead atoms.